The molecule has 0 fully saturated rings. The lowest BCUT2D eigenvalue weighted by molar-refractivity contribution is 0.460. The molecule has 28 heavy (non-hydrogen) atoms. The minimum Gasteiger partial charge on any atom is -0.494 e. The summed E-state index contributed by atoms with van der Waals surface area (Å²) in [6, 6.07) is 15.3. The van der Waals surface area contributed by atoms with Crippen molar-refractivity contribution in [3.63, 3.8) is 0 Å². The van der Waals surface area contributed by atoms with Crippen LogP contribution < -0.4 is 0 Å². The number of pyridine rings is 1. The molecule has 0 aliphatic carbocycles. The predicted molar refractivity (Wildman–Crippen MR) is 105 cm³/mol. The average Bonchev–Trinajstić information content (AvgIpc) is 3.27. The van der Waals surface area contributed by atoms with Gasteiger partial charge in [-0.3, -0.25) is 4.98 Å². The fourth-order valence-corrected chi connectivity index (χ4v) is 4.53. The van der Waals surface area contributed by atoms with Crippen molar-refractivity contribution >= 4 is 31.8 Å². The van der Waals surface area contributed by atoms with E-state index in [2.05, 4.69) is 19.9 Å². The van der Waals surface area contributed by atoms with Gasteiger partial charge in [0.2, 0.25) is 15.7 Å². The van der Waals surface area contributed by atoms with Crippen LogP contribution in [0.25, 0.3) is 33.3 Å². The minimum absolute atomic E-state index is 0.0787. The second kappa shape index (κ2) is 5.93. The summed E-state index contributed by atoms with van der Waals surface area (Å²) in [4.78, 5) is 14.7. The third-order valence-electron chi connectivity index (χ3n) is 4.63. The molecule has 7 nitrogen and oxygen atoms in total. The minimum atomic E-state index is -3.73. The van der Waals surface area contributed by atoms with E-state index in [0.717, 1.165) is 11.0 Å². The fraction of sp³-hybridized carbons (Fsp3) is 0. The van der Waals surface area contributed by atoms with Gasteiger partial charge in [-0.05, 0) is 42.5 Å². The number of H-pyrrole nitrogens is 2. The number of benzene rings is 2. The lowest BCUT2D eigenvalue weighted by atomic mass is 10.1. The zero-order valence-electron chi connectivity index (χ0n) is 14.4. The molecule has 0 spiro atoms. The molecule has 0 bridgehead atoms. The summed E-state index contributed by atoms with van der Waals surface area (Å²) in [7, 11) is -3.73. The van der Waals surface area contributed by atoms with Crippen molar-refractivity contribution in [1.29, 1.82) is 0 Å². The van der Waals surface area contributed by atoms with Crippen molar-refractivity contribution in [1.82, 2.24) is 19.9 Å². The van der Waals surface area contributed by atoms with Crippen molar-refractivity contribution in [2.45, 2.75) is 9.79 Å². The maximum Gasteiger partial charge on any atom is 0.208 e. The molecular weight excluding hydrogens is 376 g/mol. The number of hydrogen-bond donors (Lipinski definition) is 3. The van der Waals surface area contributed by atoms with E-state index in [-0.39, 0.29) is 15.7 Å². The van der Waals surface area contributed by atoms with E-state index in [1.54, 1.807) is 12.1 Å². The van der Waals surface area contributed by atoms with E-state index >= 15 is 0 Å². The van der Waals surface area contributed by atoms with Gasteiger partial charge in [-0.2, -0.15) is 0 Å². The van der Waals surface area contributed by atoms with Crippen LogP contribution in [0.15, 0.2) is 76.8 Å². The Labute approximate surface area is 159 Å². The first-order chi connectivity index (χ1) is 13.5. The Morgan fingerprint density at radius 2 is 1.75 bits per heavy atom. The number of fused-ring (bicyclic) bond motifs is 2. The van der Waals surface area contributed by atoms with Crippen molar-refractivity contribution in [3.8, 4) is 17.3 Å². The van der Waals surface area contributed by atoms with Gasteiger partial charge in [-0.1, -0.05) is 12.1 Å². The van der Waals surface area contributed by atoms with E-state index < -0.39 is 9.84 Å². The van der Waals surface area contributed by atoms with E-state index in [9.17, 15) is 13.5 Å². The van der Waals surface area contributed by atoms with Gasteiger partial charge in [0.1, 0.15) is 5.82 Å². The summed E-state index contributed by atoms with van der Waals surface area (Å²) in [5.41, 5.74) is 2.61. The van der Waals surface area contributed by atoms with Crippen LogP contribution in [0.1, 0.15) is 0 Å². The number of sulfone groups is 1. The molecule has 5 rings (SSSR count). The first-order valence-corrected chi connectivity index (χ1v) is 9.97. The Morgan fingerprint density at radius 1 is 0.893 bits per heavy atom. The first-order valence-electron chi connectivity index (χ1n) is 8.49. The molecule has 5 aromatic rings. The lowest BCUT2D eigenvalue weighted by Crippen LogP contribution is -2.02. The number of nitrogens with zero attached hydrogens (tertiary/aromatic N) is 2. The standard InChI is InChI=1S/C20H14N4O3S/c25-20-18(19-22-16-5-1-2-6-17(16)23-19)14-10-12(7-8-15(14)24-20)28(26,27)13-4-3-9-21-11-13/h1-11,24-25H,(H,22,23). The van der Waals surface area contributed by atoms with Crippen molar-refractivity contribution in [2.75, 3.05) is 0 Å². The molecule has 0 aliphatic heterocycles. The highest BCUT2D eigenvalue weighted by molar-refractivity contribution is 7.91. The number of rotatable bonds is 3. The highest BCUT2D eigenvalue weighted by Gasteiger charge is 2.22. The molecule has 3 aromatic heterocycles. The first kappa shape index (κ1) is 16.5. The quantitative estimate of drug-likeness (QED) is 0.435. The van der Waals surface area contributed by atoms with Gasteiger partial charge in [-0.25, -0.2) is 13.4 Å². The normalized spacial score (nSPS) is 12.0. The molecule has 3 heterocycles. The van der Waals surface area contributed by atoms with Gasteiger partial charge in [0.25, 0.3) is 0 Å². The molecule has 0 radical (unpaired) electrons. The number of hydrogen-bond acceptors (Lipinski definition) is 5. The average molecular weight is 390 g/mol. The lowest BCUT2D eigenvalue weighted by Gasteiger charge is -2.05. The largest absolute Gasteiger partial charge is 0.494 e. The number of aromatic hydroxyl groups is 1. The zero-order valence-corrected chi connectivity index (χ0v) is 15.2. The van der Waals surface area contributed by atoms with Gasteiger partial charge in [0, 0.05) is 23.3 Å². The predicted octanol–water partition coefficient (Wildman–Crippen LogP) is 3.64. The van der Waals surface area contributed by atoms with Crippen molar-refractivity contribution in [3.05, 3.63) is 67.0 Å². The maximum absolute atomic E-state index is 12.9. The van der Waals surface area contributed by atoms with Gasteiger partial charge < -0.3 is 15.1 Å². The van der Waals surface area contributed by atoms with Crippen LogP contribution in [0.5, 0.6) is 5.88 Å². The summed E-state index contributed by atoms with van der Waals surface area (Å²) < 4.78 is 25.9. The Balaban J connectivity index is 1.73. The summed E-state index contributed by atoms with van der Waals surface area (Å²) in [6.45, 7) is 0. The van der Waals surface area contributed by atoms with Crippen LogP contribution in [0.3, 0.4) is 0 Å². The van der Waals surface area contributed by atoms with E-state index in [4.69, 9.17) is 0 Å². The Kier molecular flexibility index (Phi) is 3.50. The van der Waals surface area contributed by atoms with E-state index in [1.165, 1.54) is 30.6 Å². The van der Waals surface area contributed by atoms with Gasteiger partial charge in [-0.15, -0.1) is 0 Å². The van der Waals surface area contributed by atoms with Crippen LogP contribution in [-0.4, -0.2) is 33.5 Å². The Morgan fingerprint density at radius 3 is 2.54 bits per heavy atom. The zero-order chi connectivity index (χ0) is 19.3. The molecule has 0 aliphatic rings. The second-order valence-corrected chi connectivity index (χ2v) is 8.30. The third-order valence-corrected chi connectivity index (χ3v) is 6.37. The molecule has 0 atom stereocenters. The summed E-state index contributed by atoms with van der Waals surface area (Å²) in [5.74, 6) is 0.380. The third kappa shape index (κ3) is 2.46. The second-order valence-electron chi connectivity index (χ2n) is 6.35. The highest BCUT2D eigenvalue weighted by Crippen LogP contribution is 2.37. The van der Waals surface area contributed by atoms with Crippen molar-refractivity contribution in [2.24, 2.45) is 0 Å². The number of nitrogens with one attached hydrogen (secondary N) is 2. The van der Waals surface area contributed by atoms with Crippen LogP contribution in [-0.2, 0) is 9.84 Å². The Hall–Kier alpha value is -3.65. The molecule has 0 amide bonds. The topological polar surface area (TPSA) is 112 Å². The van der Waals surface area contributed by atoms with Gasteiger partial charge in [0.15, 0.2) is 0 Å². The molecule has 0 unspecified atom stereocenters. The number of imidazole rings is 1. The molecule has 0 saturated carbocycles. The maximum atomic E-state index is 12.9. The Bertz CT molecular complexity index is 1400. The molecule has 0 saturated heterocycles. The fourth-order valence-electron chi connectivity index (χ4n) is 3.28. The summed E-state index contributed by atoms with van der Waals surface area (Å²) in [5, 5.41) is 11.0. The number of para-hydroxylation sites is 2. The number of aromatic amines is 2. The van der Waals surface area contributed by atoms with Gasteiger partial charge in [0.05, 0.1) is 26.4 Å². The molecule has 2 aromatic carbocycles. The number of aromatic nitrogens is 4. The highest BCUT2D eigenvalue weighted by atomic mass is 32.2. The van der Waals surface area contributed by atoms with E-state index in [0.29, 0.717) is 22.3 Å². The van der Waals surface area contributed by atoms with E-state index in [1.807, 2.05) is 24.3 Å². The SMILES string of the molecule is O=S(=O)(c1cccnc1)c1ccc2[nH]c(O)c(-c3nc4ccccc4[nH]3)c2c1. The summed E-state index contributed by atoms with van der Waals surface area (Å²) in [6.07, 6.45) is 2.83. The van der Waals surface area contributed by atoms with Crippen LogP contribution >= 0.6 is 0 Å². The van der Waals surface area contributed by atoms with Gasteiger partial charge >= 0.3 is 0 Å². The molecule has 8 heteroatoms. The molecule has 138 valence electrons. The summed E-state index contributed by atoms with van der Waals surface area (Å²) >= 11 is 0. The smallest absolute Gasteiger partial charge is 0.208 e. The van der Waals surface area contributed by atoms with Crippen LogP contribution in [0.2, 0.25) is 0 Å². The van der Waals surface area contributed by atoms with Crippen molar-refractivity contribution < 1.29 is 13.5 Å². The van der Waals surface area contributed by atoms with Crippen LogP contribution in [0, 0.1) is 0 Å². The van der Waals surface area contributed by atoms with Crippen LogP contribution in [0.4, 0.5) is 0 Å². The molecule has 3 N–H and O–H groups in total. The molecular formula is C20H14N4O3S. The monoisotopic (exact) mass is 390 g/mol.